The quantitative estimate of drug-likeness (QED) is 0.654. The summed E-state index contributed by atoms with van der Waals surface area (Å²) in [7, 11) is 0. The monoisotopic (exact) mass is 440 g/mol. The van der Waals surface area contributed by atoms with Crippen molar-refractivity contribution >= 4 is 41.0 Å². The van der Waals surface area contributed by atoms with Crippen molar-refractivity contribution in [2.24, 2.45) is 10.7 Å². The number of rotatable bonds is 6. The first-order valence-electron chi connectivity index (χ1n) is 9.38. The Kier molecular flexibility index (Phi) is 7.26. The molecule has 0 fully saturated rings. The van der Waals surface area contributed by atoms with E-state index >= 15 is 0 Å². The van der Waals surface area contributed by atoms with E-state index in [1.165, 1.54) is 4.58 Å². The van der Waals surface area contributed by atoms with Gasteiger partial charge >= 0.3 is 24.0 Å². The fourth-order valence-corrected chi connectivity index (χ4v) is 2.73. The fraction of sp³-hybridized carbons (Fsp3) is 0.368. The molecule has 5 amide bonds. The number of amides is 5. The van der Waals surface area contributed by atoms with Gasteiger partial charge in [0, 0.05) is 11.3 Å². The molecule has 1 aliphatic heterocycles. The van der Waals surface area contributed by atoms with E-state index in [1.54, 1.807) is 12.2 Å². The van der Waals surface area contributed by atoms with Crippen LogP contribution in [0.25, 0.3) is 0 Å². The topological polar surface area (TPSA) is 125 Å². The Balaban J connectivity index is 2.33. The normalized spacial score (nSPS) is 16.2. The summed E-state index contributed by atoms with van der Waals surface area (Å²) in [6.07, 6.45) is -4.02. The second kappa shape index (κ2) is 9.49. The Morgan fingerprint density at radius 3 is 2.26 bits per heavy atom. The van der Waals surface area contributed by atoms with E-state index in [0.29, 0.717) is 12.8 Å². The van der Waals surface area contributed by atoms with Crippen molar-refractivity contribution in [1.82, 2.24) is 4.90 Å². The van der Waals surface area contributed by atoms with Crippen molar-refractivity contribution in [3.8, 4) is 0 Å². The zero-order valence-corrected chi connectivity index (χ0v) is 16.8. The molecule has 3 N–H and O–H groups in total. The number of amidine groups is 1. The van der Waals surface area contributed by atoms with Crippen LogP contribution >= 0.6 is 0 Å². The molecule has 166 valence electrons. The summed E-state index contributed by atoms with van der Waals surface area (Å²) in [6.45, 7) is 3.92. The second-order valence-electron chi connectivity index (χ2n) is 6.57. The Morgan fingerprint density at radius 2 is 1.74 bits per heavy atom. The van der Waals surface area contributed by atoms with E-state index in [9.17, 15) is 32.3 Å². The number of carbonyl (C=O) groups is 4. The number of carbonyl (C=O) groups excluding carboxylic acids is 4. The molecule has 0 saturated carbocycles. The van der Waals surface area contributed by atoms with Gasteiger partial charge in [0.25, 0.3) is 11.7 Å². The number of anilines is 1. The van der Waals surface area contributed by atoms with Crippen molar-refractivity contribution in [1.29, 1.82) is 0 Å². The van der Waals surface area contributed by atoms with Crippen molar-refractivity contribution < 1.29 is 36.9 Å². The van der Waals surface area contributed by atoms with E-state index in [-0.39, 0.29) is 35.9 Å². The number of nitrogens with one attached hydrogen (secondary N) is 1. The van der Waals surface area contributed by atoms with Crippen LogP contribution in [0.1, 0.15) is 37.0 Å². The van der Waals surface area contributed by atoms with Crippen molar-refractivity contribution in [2.75, 3.05) is 18.4 Å². The third-order valence-electron chi connectivity index (χ3n) is 4.20. The van der Waals surface area contributed by atoms with E-state index in [4.69, 9.17) is 5.73 Å². The molecule has 9 nitrogen and oxygen atoms in total. The molecule has 2 rings (SSSR count). The van der Waals surface area contributed by atoms with Gasteiger partial charge in [-0.3, -0.25) is 9.59 Å². The molecule has 31 heavy (non-hydrogen) atoms. The SMILES string of the molecule is CCCN1C(=O)C(=NC(=O)c2ccc(NC(=O)C(F)(F)F)cc2)C(N)=[N+](CCC)C1=O. The van der Waals surface area contributed by atoms with Gasteiger partial charge in [0.05, 0.1) is 13.1 Å². The lowest BCUT2D eigenvalue weighted by Crippen LogP contribution is -2.58. The van der Waals surface area contributed by atoms with E-state index in [2.05, 4.69) is 4.99 Å². The number of alkyl halides is 3. The smallest absolute Gasteiger partial charge is 0.318 e. The van der Waals surface area contributed by atoms with Gasteiger partial charge in [0.15, 0.2) is 0 Å². The number of halogens is 3. The van der Waals surface area contributed by atoms with Gasteiger partial charge in [-0.05, 0) is 37.1 Å². The summed E-state index contributed by atoms with van der Waals surface area (Å²) in [4.78, 5) is 53.4. The summed E-state index contributed by atoms with van der Waals surface area (Å²) in [6, 6.07) is 3.86. The number of hydrogen-bond donors (Lipinski definition) is 2. The summed E-state index contributed by atoms with van der Waals surface area (Å²) in [5, 5.41) is 1.65. The van der Waals surface area contributed by atoms with E-state index in [0.717, 1.165) is 29.2 Å². The van der Waals surface area contributed by atoms with Crippen LogP contribution in [0.4, 0.5) is 23.7 Å². The van der Waals surface area contributed by atoms with Crippen molar-refractivity contribution in [2.45, 2.75) is 32.9 Å². The molecule has 0 spiro atoms. The highest BCUT2D eigenvalue weighted by Crippen LogP contribution is 2.19. The van der Waals surface area contributed by atoms with Gasteiger partial charge < -0.3 is 11.1 Å². The summed E-state index contributed by atoms with van der Waals surface area (Å²) >= 11 is 0. The highest BCUT2D eigenvalue weighted by molar-refractivity contribution is 6.68. The molecular weight excluding hydrogens is 419 g/mol. The predicted molar refractivity (Wildman–Crippen MR) is 105 cm³/mol. The Hall–Kier alpha value is -3.57. The predicted octanol–water partition coefficient (Wildman–Crippen LogP) is 1.92. The molecule has 0 saturated heterocycles. The highest BCUT2D eigenvalue weighted by Gasteiger charge is 2.43. The van der Waals surface area contributed by atoms with Crippen LogP contribution in [0.2, 0.25) is 0 Å². The van der Waals surface area contributed by atoms with Crippen LogP contribution in [-0.2, 0) is 9.59 Å². The largest absolute Gasteiger partial charge is 0.471 e. The number of nitrogens with zero attached hydrogens (tertiary/aromatic N) is 3. The zero-order valence-electron chi connectivity index (χ0n) is 16.8. The molecule has 12 heteroatoms. The van der Waals surface area contributed by atoms with Gasteiger partial charge in [-0.1, -0.05) is 13.8 Å². The van der Waals surface area contributed by atoms with Gasteiger partial charge in [0.2, 0.25) is 5.71 Å². The number of nitrogens with two attached hydrogens (primary N) is 1. The Labute approximate surface area is 175 Å². The van der Waals surface area contributed by atoms with Crippen molar-refractivity contribution in [3.63, 3.8) is 0 Å². The molecule has 1 aromatic carbocycles. The summed E-state index contributed by atoms with van der Waals surface area (Å²) in [5.74, 6) is -4.09. The molecule has 1 heterocycles. The lowest BCUT2D eigenvalue weighted by molar-refractivity contribution is -0.436. The molecular formula is C19H21F3N5O4+. The van der Waals surface area contributed by atoms with Crippen LogP contribution in [-0.4, -0.2) is 64.0 Å². The maximum Gasteiger partial charge on any atom is 0.471 e. The minimum absolute atomic E-state index is 0.0564. The molecule has 1 aliphatic rings. The number of aliphatic imine (C=N–C) groups is 1. The Bertz CT molecular complexity index is 968. The van der Waals surface area contributed by atoms with Crippen LogP contribution in [0.15, 0.2) is 29.3 Å². The van der Waals surface area contributed by atoms with Crippen LogP contribution in [0, 0.1) is 0 Å². The van der Waals surface area contributed by atoms with Gasteiger partial charge in [-0.25, -0.2) is 9.59 Å². The average molecular weight is 440 g/mol. The molecule has 1 aromatic rings. The Morgan fingerprint density at radius 1 is 1.13 bits per heavy atom. The fourth-order valence-electron chi connectivity index (χ4n) is 2.73. The van der Waals surface area contributed by atoms with Gasteiger partial charge in [-0.15, -0.1) is 0 Å². The molecule has 0 atom stereocenters. The molecule has 0 bridgehead atoms. The van der Waals surface area contributed by atoms with E-state index < -0.39 is 29.9 Å². The molecule has 0 radical (unpaired) electrons. The zero-order chi connectivity index (χ0) is 23.3. The minimum Gasteiger partial charge on any atom is -0.318 e. The lowest BCUT2D eigenvalue weighted by Gasteiger charge is -2.22. The molecule has 0 unspecified atom stereocenters. The third-order valence-corrected chi connectivity index (χ3v) is 4.20. The third kappa shape index (κ3) is 5.32. The first-order chi connectivity index (χ1) is 14.5. The molecule has 0 aliphatic carbocycles. The number of hydrogen-bond acceptors (Lipinski definition) is 5. The summed E-state index contributed by atoms with van der Waals surface area (Å²) < 4.78 is 38.1. The van der Waals surface area contributed by atoms with Crippen LogP contribution in [0.5, 0.6) is 0 Å². The number of urea groups is 1. The maximum absolute atomic E-state index is 12.7. The first kappa shape index (κ1) is 23.7. The van der Waals surface area contributed by atoms with Crippen LogP contribution in [0.3, 0.4) is 0 Å². The van der Waals surface area contributed by atoms with E-state index in [1.807, 2.05) is 6.92 Å². The molecule has 0 aromatic heterocycles. The summed E-state index contributed by atoms with van der Waals surface area (Å²) in [5.41, 5.74) is 5.31. The number of imide groups is 1. The lowest BCUT2D eigenvalue weighted by atomic mass is 10.1. The first-order valence-corrected chi connectivity index (χ1v) is 9.38. The maximum atomic E-state index is 12.7. The second-order valence-corrected chi connectivity index (χ2v) is 6.57. The van der Waals surface area contributed by atoms with Crippen molar-refractivity contribution in [3.05, 3.63) is 29.8 Å². The minimum atomic E-state index is -5.05. The van der Waals surface area contributed by atoms with Gasteiger partial charge in [-0.2, -0.15) is 27.6 Å². The standard InChI is InChI=1S/C19H20F3N5O4/c1-3-9-26-14(23)13(16(29)27(10-4-2)18(26)31)25-15(28)11-5-7-12(8-6-11)24-17(30)19(20,21)22/h5-8,23H,3-4,9-10H2,1-2H3,(H,24,28,30)/p+1. The highest BCUT2D eigenvalue weighted by atomic mass is 19.4. The van der Waals surface area contributed by atoms with Gasteiger partial charge in [0.1, 0.15) is 0 Å². The number of benzene rings is 1. The average Bonchev–Trinajstić information content (AvgIpc) is 2.71. The van der Waals surface area contributed by atoms with Crippen LogP contribution < -0.4 is 11.1 Å².